The van der Waals surface area contributed by atoms with Gasteiger partial charge in [0, 0.05) is 30.3 Å². The van der Waals surface area contributed by atoms with Crippen molar-refractivity contribution in [2.24, 2.45) is 5.92 Å². The smallest absolute Gasteiger partial charge is 0.311 e. The van der Waals surface area contributed by atoms with Gasteiger partial charge < -0.3 is 20.4 Å². The van der Waals surface area contributed by atoms with Crippen LogP contribution in [0.4, 0.5) is 5.69 Å². The summed E-state index contributed by atoms with van der Waals surface area (Å²) in [5.41, 5.74) is 1.54. The van der Waals surface area contributed by atoms with Gasteiger partial charge in [-0.3, -0.25) is 4.79 Å². The fourth-order valence-corrected chi connectivity index (χ4v) is 3.36. The summed E-state index contributed by atoms with van der Waals surface area (Å²) in [5, 5.41) is 22.5. The zero-order valence-electron chi connectivity index (χ0n) is 10.8. The molecule has 0 bridgehead atoms. The van der Waals surface area contributed by atoms with E-state index in [-0.39, 0.29) is 17.7 Å². The molecule has 2 aliphatic heterocycles. The zero-order valence-corrected chi connectivity index (χ0v) is 10.8. The molecule has 2 aliphatic rings. The predicted octanol–water partition coefficient (Wildman–Crippen LogP) is 1.31. The van der Waals surface area contributed by atoms with Crippen LogP contribution < -0.4 is 5.32 Å². The number of aliphatic carboxylic acids is 1. The normalized spacial score (nSPS) is 30.1. The highest BCUT2D eigenvalue weighted by molar-refractivity contribution is 5.81. The highest BCUT2D eigenvalue weighted by Gasteiger charge is 2.43. The Bertz CT molecular complexity index is 517. The van der Waals surface area contributed by atoms with Crippen LogP contribution in [0.5, 0.6) is 5.75 Å². The minimum atomic E-state index is -0.779. The number of carbonyl (C=O) groups is 1. The molecule has 3 atom stereocenters. The van der Waals surface area contributed by atoms with Crippen LogP contribution >= 0.6 is 0 Å². The number of carboxylic acid groups (broad SMARTS) is 1. The Balaban J connectivity index is 2.04. The summed E-state index contributed by atoms with van der Waals surface area (Å²) in [7, 11) is 2.03. The number of phenols is 1. The fourth-order valence-electron chi connectivity index (χ4n) is 3.36. The van der Waals surface area contributed by atoms with E-state index in [0.717, 1.165) is 30.8 Å². The van der Waals surface area contributed by atoms with Crippen LogP contribution in [0.3, 0.4) is 0 Å². The molecule has 5 heteroatoms. The van der Waals surface area contributed by atoms with Crippen molar-refractivity contribution in [2.45, 2.75) is 18.4 Å². The second-order valence-corrected chi connectivity index (χ2v) is 5.55. The third kappa shape index (κ3) is 2.04. The molecule has 0 radical (unpaired) electrons. The molecule has 3 unspecified atom stereocenters. The van der Waals surface area contributed by atoms with E-state index < -0.39 is 11.9 Å². The number of likely N-dealkylation sites (tertiary alicyclic amines) is 1. The molecule has 102 valence electrons. The molecule has 0 spiro atoms. The Kier molecular flexibility index (Phi) is 2.86. The number of hydrogen-bond acceptors (Lipinski definition) is 4. The zero-order chi connectivity index (χ0) is 13.6. The van der Waals surface area contributed by atoms with Gasteiger partial charge in [0.05, 0.1) is 5.92 Å². The summed E-state index contributed by atoms with van der Waals surface area (Å²) < 4.78 is 0. The van der Waals surface area contributed by atoms with Gasteiger partial charge in [-0.25, -0.2) is 0 Å². The lowest BCUT2D eigenvalue weighted by Crippen LogP contribution is -2.51. The first-order valence-corrected chi connectivity index (χ1v) is 6.57. The van der Waals surface area contributed by atoms with Crippen LogP contribution in [-0.4, -0.2) is 47.3 Å². The Morgan fingerprint density at radius 3 is 3.00 bits per heavy atom. The lowest BCUT2D eigenvalue weighted by molar-refractivity contribution is -0.141. The van der Waals surface area contributed by atoms with Crippen molar-refractivity contribution >= 4 is 11.7 Å². The van der Waals surface area contributed by atoms with Crippen molar-refractivity contribution in [1.29, 1.82) is 0 Å². The van der Waals surface area contributed by atoms with E-state index in [1.54, 1.807) is 18.2 Å². The van der Waals surface area contributed by atoms with Crippen molar-refractivity contribution in [3.63, 3.8) is 0 Å². The number of anilines is 1. The largest absolute Gasteiger partial charge is 0.508 e. The molecule has 3 N–H and O–H groups in total. The number of rotatable bonds is 1. The molecule has 19 heavy (non-hydrogen) atoms. The number of aromatic hydroxyl groups is 1. The standard InChI is InChI=1S/C14H18N2O3/c1-16-5-4-11-10(7-16)13(14(18)19)9-3-2-8(17)6-12(9)15-11/h2-3,6,10-11,13,15,17H,4-5,7H2,1H3,(H,18,19). The van der Waals surface area contributed by atoms with Gasteiger partial charge in [-0.1, -0.05) is 6.07 Å². The van der Waals surface area contributed by atoms with Gasteiger partial charge in [-0.05, 0) is 31.6 Å². The highest BCUT2D eigenvalue weighted by atomic mass is 16.4. The van der Waals surface area contributed by atoms with E-state index in [0.29, 0.717) is 0 Å². The van der Waals surface area contributed by atoms with Crippen LogP contribution in [-0.2, 0) is 4.79 Å². The second-order valence-electron chi connectivity index (χ2n) is 5.55. The van der Waals surface area contributed by atoms with Gasteiger partial charge >= 0.3 is 5.97 Å². The summed E-state index contributed by atoms with van der Waals surface area (Å²) in [5.74, 6) is -1.03. The van der Waals surface area contributed by atoms with E-state index in [1.807, 2.05) is 7.05 Å². The average Bonchev–Trinajstić information content (AvgIpc) is 2.35. The van der Waals surface area contributed by atoms with Gasteiger partial charge in [0.15, 0.2) is 0 Å². The van der Waals surface area contributed by atoms with Crippen molar-refractivity contribution in [1.82, 2.24) is 4.90 Å². The molecule has 5 nitrogen and oxygen atoms in total. The maximum absolute atomic E-state index is 11.7. The molecule has 2 heterocycles. The molecular weight excluding hydrogens is 244 g/mol. The van der Waals surface area contributed by atoms with Crippen LogP contribution in [0.15, 0.2) is 18.2 Å². The SMILES string of the molecule is CN1CCC2Nc3cc(O)ccc3C(C(=O)O)C2C1. The van der Waals surface area contributed by atoms with E-state index in [2.05, 4.69) is 10.2 Å². The van der Waals surface area contributed by atoms with Gasteiger partial charge in [0.2, 0.25) is 0 Å². The lowest BCUT2D eigenvalue weighted by atomic mass is 9.74. The van der Waals surface area contributed by atoms with Gasteiger partial charge in [0.25, 0.3) is 0 Å². The number of hydrogen-bond donors (Lipinski definition) is 3. The molecule has 0 saturated carbocycles. The minimum absolute atomic E-state index is 0.0771. The number of nitrogens with zero attached hydrogens (tertiary/aromatic N) is 1. The van der Waals surface area contributed by atoms with Gasteiger partial charge in [0.1, 0.15) is 5.75 Å². The molecule has 0 amide bonds. The third-order valence-corrected chi connectivity index (χ3v) is 4.27. The first-order chi connectivity index (χ1) is 9.06. The van der Waals surface area contributed by atoms with Crippen molar-refractivity contribution in [3.05, 3.63) is 23.8 Å². The topological polar surface area (TPSA) is 72.8 Å². The minimum Gasteiger partial charge on any atom is -0.508 e. The van der Waals surface area contributed by atoms with E-state index in [9.17, 15) is 15.0 Å². The number of carboxylic acids is 1. The molecule has 0 aromatic heterocycles. The molecule has 1 fully saturated rings. The van der Waals surface area contributed by atoms with Crippen LogP contribution in [0.25, 0.3) is 0 Å². The molecule has 1 aromatic carbocycles. The van der Waals surface area contributed by atoms with E-state index in [1.165, 1.54) is 0 Å². The van der Waals surface area contributed by atoms with Crippen molar-refractivity contribution in [2.75, 3.05) is 25.5 Å². The summed E-state index contributed by atoms with van der Waals surface area (Å²) in [6, 6.07) is 5.08. The molecule has 1 aromatic rings. The quantitative estimate of drug-likeness (QED) is 0.711. The average molecular weight is 262 g/mol. The monoisotopic (exact) mass is 262 g/mol. The molecular formula is C14H18N2O3. The van der Waals surface area contributed by atoms with Gasteiger partial charge in [-0.2, -0.15) is 0 Å². The molecule has 1 saturated heterocycles. The summed E-state index contributed by atoms with van der Waals surface area (Å²) in [6.45, 7) is 1.75. The Labute approximate surface area is 111 Å². The Hall–Kier alpha value is -1.75. The number of fused-ring (bicyclic) bond motifs is 2. The van der Waals surface area contributed by atoms with Crippen LogP contribution in [0, 0.1) is 5.92 Å². The first-order valence-electron chi connectivity index (χ1n) is 6.57. The number of phenolic OH excluding ortho intramolecular Hbond substituents is 1. The maximum atomic E-state index is 11.7. The summed E-state index contributed by atoms with van der Waals surface area (Å²) in [4.78, 5) is 13.8. The van der Waals surface area contributed by atoms with Crippen LogP contribution in [0.2, 0.25) is 0 Å². The summed E-state index contributed by atoms with van der Waals surface area (Å²) >= 11 is 0. The maximum Gasteiger partial charge on any atom is 0.311 e. The number of benzene rings is 1. The molecule has 0 aliphatic carbocycles. The van der Waals surface area contributed by atoms with Crippen molar-refractivity contribution in [3.8, 4) is 5.75 Å². The predicted molar refractivity (Wildman–Crippen MR) is 71.5 cm³/mol. The molecule has 3 rings (SSSR count). The summed E-state index contributed by atoms with van der Waals surface area (Å²) in [6.07, 6.45) is 0.931. The van der Waals surface area contributed by atoms with Crippen LogP contribution in [0.1, 0.15) is 17.9 Å². The lowest BCUT2D eigenvalue weighted by Gasteiger charge is -2.44. The first kappa shape index (κ1) is 12.3. The Morgan fingerprint density at radius 2 is 2.26 bits per heavy atom. The Morgan fingerprint density at radius 1 is 1.47 bits per heavy atom. The van der Waals surface area contributed by atoms with E-state index in [4.69, 9.17) is 0 Å². The number of nitrogens with one attached hydrogen (secondary N) is 1. The van der Waals surface area contributed by atoms with Gasteiger partial charge in [-0.15, -0.1) is 0 Å². The van der Waals surface area contributed by atoms with E-state index >= 15 is 0 Å². The van der Waals surface area contributed by atoms with Crippen molar-refractivity contribution < 1.29 is 15.0 Å². The fraction of sp³-hybridized carbons (Fsp3) is 0.500. The third-order valence-electron chi connectivity index (χ3n) is 4.27. The second kappa shape index (κ2) is 4.42. The number of piperidine rings is 1. The highest BCUT2D eigenvalue weighted by Crippen LogP contribution is 2.42.